The molecule has 0 bridgehead atoms. The fraction of sp³-hybridized carbons (Fsp3) is 0.200. The summed E-state index contributed by atoms with van der Waals surface area (Å²) in [7, 11) is 0. The Bertz CT molecular complexity index is 845. The molecule has 6 heteroatoms. The summed E-state index contributed by atoms with van der Waals surface area (Å²) in [4.78, 5) is 22.8. The molecule has 0 atom stereocenters. The van der Waals surface area contributed by atoms with E-state index in [1.807, 2.05) is 73.3 Å². The molecule has 0 amide bonds. The van der Waals surface area contributed by atoms with E-state index in [4.69, 9.17) is 0 Å². The Morgan fingerprint density at radius 1 is 0.419 bits per heavy atom. The van der Waals surface area contributed by atoms with Crippen LogP contribution in [0.4, 0.5) is 0 Å². The molecule has 4 heterocycles. The van der Waals surface area contributed by atoms with Gasteiger partial charge in [-0.1, -0.05) is 24.3 Å². The Kier molecular flexibility index (Phi) is 7.41. The van der Waals surface area contributed by atoms with Crippen LogP contribution in [0.25, 0.3) is 0 Å². The van der Waals surface area contributed by atoms with Crippen molar-refractivity contribution in [3.05, 3.63) is 120 Å². The third kappa shape index (κ3) is 6.77. The minimum absolute atomic E-state index is 0.734. The largest absolute Gasteiger partial charge is 0.279 e. The second kappa shape index (κ2) is 11.1. The molecule has 4 rings (SSSR count). The molecule has 6 nitrogen and oxygen atoms in total. The van der Waals surface area contributed by atoms with Crippen molar-refractivity contribution in [1.29, 1.82) is 0 Å². The maximum atomic E-state index is 4.53. The van der Waals surface area contributed by atoms with Gasteiger partial charge in [0.15, 0.2) is 0 Å². The van der Waals surface area contributed by atoms with Crippen LogP contribution in [0.2, 0.25) is 0 Å². The molecule has 4 aromatic rings. The lowest BCUT2D eigenvalue weighted by atomic mass is 10.2. The van der Waals surface area contributed by atoms with E-state index in [1.165, 1.54) is 0 Å². The number of pyridine rings is 4. The summed E-state index contributed by atoms with van der Waals surface area (Å²) < 4.78 is 0. The number of aromatic nitrogens is 4. The third-order valence-electron chi connectivity index (χ3n) is 4.85. The van der Waals surface area contributed by atoms with Crippen molar-refractivity contribution in [2.75, 3.05) is 6.67 Å². The van der Waals surface area contributed by atoms with Crippen LogP contribution < -0.4 is 0 Å². The maximum Gasteiger partial charge on any atom is 0.0544 e. The first-order valence-corrected chi connectivity index (χ1v) is 10.4. The van der Waals surface area contributed by atoms with E-state index in [0.29, 0.717) is 0 Å². The summed E-state index contributed by atoms with van der Waals surface area (Å²) in [6.45, 7) is 3.67. The first-order valence-electron chi connectivity index (χ1n) is 10.4. The van der Waals surface area contributed by atoms with Crippen molar-refractivity contribution < 1.29 is 0 Å². The molecule has 0 N–H and O–H groups in total. The van der Waals surface area contributed by atoms with Crippen LogP contribution in [-0.2, 0) is 26.2 Å². The molecule has 0 aliphatic heterocycles. The van der Waals surface area contributed by atoms with Gasteiger partial charge in [0.1, 0.15) is 0 Å². The molecular formula is C25H26N6. The molecular weight excluding hydrogens is 384 g/mol. The van der Waals surface area contributed by atoms with Gasteiger partial charge in [0, 0.05) is 51.0 Å². The molecule has 4 aromatic heterocycles. The minimum atomic E-state index is 0.734. The van der Waals surface area contributed by atoms with E-state index in [9.17, 15) is 0 Å². The highest BCUT2D eigenvalue weighted by Gasteiger charge is 2.16. The van der Waals surface area contributed by atoms with Crippen molar-refractivity contribution >= 4 is 0 Å². The molecule has 31 heavy (non-hydrogen) atoms. The van der Waals surface area contributed by atoms with E-state index in [0.717, 1.165) is 55.6 Å². The second-order valence-electron chi connectivity index (χ2n) is 7.40. The first kappa shape index (κ1) is 20.8. The van der Waals surface area contributed by atoms with E-state index in [1.54, 1.807) is 0 Å². The van der Waals surface area contributed by atoms with Gasteiger partial charge in [0.2, 0.25) is 0 Å². The molecule has 0 aliphatic carbocycles. The van der Waals surface area contributed by atoms with Crippen LogP contribution in [0.3, 0.4) is 0 Å². The molecule has 0 unspecified atom stereocenters. The normalized spacial score (nSPS) is 11.2. The van der Waals surface area contributed by atoms with Crippen LogP contribution in [-0.4, -0.2) is 36.4 Å². The highest BCUT2D eigenvalue weighted by molar-refractivity contribution is 5.08. The second-order valence-corrected chi connectivity index (χ2v) is 7.40. The zero-order chi connectivity index (χ0) is 21.1. The Hall–Kier alpha value is -3.48. The lowest BCUT2D eigenvalue weighted by Crippen LogP contribution is -2.37. The monoisotopic (exact) mass is 410 g/mol. The quantitative estimate of drug-likeness (QED) is 0.369. The van der Waals surface area contributed by atoms with Gasteiger partial charge in [-0.05, 0) is 48.5 Å². The van der Waals surface area contributed by atoms with Crippen molar-refractivity contribution in [2.24, 2.45) is 0 Å². The van der Waals surface area contributed by atoms with Gasteiger partial charge in [-0.3, -0.25) is 29.7 Å². The minimum Gasteiger partial charge on any atom is -0.279 e. The predicted molar refractivity (Wildman–Crippen MR) is 120 cm³/mol. The lowest BCUT2D eigenvalue weighted by Gasteiger charge is -2.30. The summed E-state index contributed by atoms with van der Waals surface area (Å²) in [5.41, 5.74) is 4.14. The van der Waals surface area contributed by atoms with Gasteiger partial charge < -0.3 is 0 Å². The van der Waals surface area contributed by atoms with Gasteiger partial charge in [-0.2, -0.15) is 0 Å². The van der Waals surface area contributed by atoms with Gasteiger partial charge in [-0.25, -0.2) is 0 Å². The first-order chi connectivity index (χ1) is 15.3. The highest BCUT2D eigenvalue weighted by Crippen LogP contribution is 2.12. The molecule has 0 aliphatic rings. The predicted octanol–water partition coefficient (Wildman–Crippen LogP) is 3.93. The number of nitrogens with zero attached hydrogens (tertiary/aromatic N) is 6. The molecule has 0 saturated carbocycles. The van der Waals surface area contributed by atoms with Gasteiger partial charge in [0.05, 0.1) is 29.4 Å². The summed E-state index contributed by atoms with van der Waals surface area (Å²) in [6, 6.07) is 24.1. The maximum absolute atomic E-state index is 4.53. The van der Waals surface area contributed by atoms with Crippen molar-refractivity contribution in [3.63, 3.8) is 0 Å². The SMILES string of the molecule is c1ccc(CN(Cc2ccccn2)CN(Cc2ccccn2)Cc2ccccn2)nc1. The molecule has 156 valence electrons. The summed E-state index contributed by atoms with van der Waals surface area (Å²) >= 11 is 0. The molecule has 0 spiro atoms. The molecule has 0 aromatic carbocycles. The lowest BCUT2D eigenvalue weighted by molar-refractivity contribution is 0.102. The molecule has 0 saturated heterocycles. The van der Waals surface area contributed by atoms with Crippen LogP contribution in [0.15, 0.2) is 97.6 Å². The fourth-order valence-corrected chi connectivity index (χ4v) is 3.48. The Morgan fingerprint density at radius 2 is 0.710 bits per heavy atom. The van der Waals surface area contributed by atoms with Gasteiger partial charge in [0.25, 0.3) is 0 Å². The van der Waals surface area contributed by atoms with Crippen molar-refractivity contribution in [3.8, 4) is 0 Å². The van der Waals surface area contributed by atoms with E-state index in [-0.39, 0.29) is 0 Å². The summed E-state index contributed by atoms with van der Waals surface area (Å²) in [5, 5.41) is 0. The smallest absolute Gasteiger partial charge is 0.0544 e. The Morgan fingerprint density at radius 3 is 0.935 bits per heavy atom. The van der Waals surface area contributed by atoms with Crippen LogP contribution in [0, 0.1) is 0 Å². The van der Waals surface area contributed by atoms with Crippen LogP contribution >= 0.6 is 0 Å². The summed E-state index contributed by atoms with van der Waals surface area (Å²) in [6.07, 6.45) is 7.36. The zero-order valence-corrected chi connectivity index (χ0v) is 17.5. The Labute approximate surface area is 183 Å². The molecule has 0 radical (unpaired) electrons. The van der Waals surface area contributed by atoms with Gasteiger partial charge >= 0.3 is 0 Å². The van der Waals surface area contributed by atoms with E-state index >= 15 is 0 Å². The molecule has 0 fully saturated rings. The average Bonchev–Trinajstić information content (AvgIpc) is 2.82. The number of hydrogen-bond donors (Lipinski definition) is 0. The third-order valence-corrected chi connectivity index (χ3v) is 4.85. The number of rotatable bonds is 10. The van der Waals surface area contributed by atoms with E-state index < -0.39 is 0 Å². The standard InChI is InChI=1S/C25H26N6/c1-5-13-26-22(9-1)17-30(18-23-10-2-6-14-27-23)21-31(19-24-11-3-7-15-28-24)20-25-12-4-8-16-29-25/h1-16H,17-21H2. The van der Waals surface area contributed by atoms with E-state index in [2.05, 4.69) is 54.0 Å². The highest BCUT2D eigenvalue weighted by atomic mass is 15.3. The van der Waals surface area contributed by atoms with Crippen LogP contribution in [0.1, 0.15) is 22.8 Å². The Balaban J connectivity index is 1.55. The van der Waals surface area contributed by atoms with Crippen LogP contribution in [0.5, 0.6) is 0 Å². The van der Waals surface area contributed by atoms with Crippen molar-refractivity contribution in [2.45, 2.75) is 26.2 Å². The topological polar surface area (TPSA) is 58.0 Å². The van der Waals surface area contributed by atoms with Gasteiger partial charge in [-0.15, -0.1) is 0 Å². The average molecular weight is 411 g/mol. The number of hydrogen-bond acceptors (Lipinski definition) is 6. The van der Waals surface area contributed by atoms with Crippen molar-refractivity contribution in [1.82, 2.24) is 29.7 Å². The fourth-order valence-electron chi connectivity index (χ4n) is 3.48. The summed E-state index contributed by atoms with van der Waals surface area (Å²) in [5.74, 6) is 0. The zero-order valence-electron chi connectivity index (χ0n) is 17.5.